The highest BCUT2D eigenvalue weighted by Gasteiger charge is 2.25. The molecule has 0 saturated carbocycles. The summed E-state index contributed by atoms with van der Waals surface area (Å²) >= 11 is 0. The van der Waals surface area contributed by atoms with Crippen molar-refractivity contribution in [2.75, 3.05) is 19.3 Å². The molecule has 1 aliphatic heterocycles. The van der Waals surface area contributed by atoms with E-state index >= 15 is 0 Å². The Labute approximate surface area is 136 Å². The Morgan fingerprint density at radius 1 is 1.26 bits per heavy atom. The molecule has 0 aliphatic carbocycles. The minimum Gasteiger partial charge on any atom is -0.429 e. The van der Waals surface area contributed by atoms with E-state index in [4.69, 9.17) is 9.15 Å². The van der Waals surface area contributed by atoms with E-state index in [1.54, 1.807) is 6.07 Å². The zero-order valence-electron chi connectivity index (χ0n) is 12.9. The third-order valence-electron chi connectivity index (χ3n) is 3.63. The third-order valence-corrected chi connectivity index (χ3v) is 4.39. The molecule has 6 nitrogen and oxygen atoms in total. The van der Waals surface area contributed by atoms with Gasteiger partial charge in [0.25, 0.3) is 5.95 Å². The first-order chi connectivity index (χ1) is 11.0. The van der Waals surface area contributed by atoms with Crippen molar-refractivity contribution in [3.63, 3.8) is 0 Å². The van der Waals surface area contributed by atoms with Crippen LogP contribution in [0.1, 0.15) is 12.2 Å². The van der Waals surface area contributed by atoms with Crippen LogP contribution in [0.25, 0.3) is 0 Å². The first-order valence-electron chi connectivity index (χ1n) is 7.49. The molecular formula is C16H20N2O4S. The van der Waals surface area contributed by atoms with Gasteiger partial charge < -0.3 is 9.15 Å². The van der Waals surface area contributed by atoms with E-state index in [1.165, 1.54) is 6.26 Å². The Hall–Kier alpha value is -1.83. The van der Waals surface area contributed by atoms with Gasteiger partial charge in [0, 0.05) is 25.2 Å². The summed E-state index contributed by atoms with van der Waals surface area (Å²) in [7, 11) is -3.15. The summed E-state index contributed by atoms with van der Waals surface area (Å²) in [5, 5.41) is 0. The van der Waals surface area contributed by atoms with E-state index in [0.29, 0.717) is 19.0 Å². The van der Waals surface area contributed by atoms with E-state index in [-0.39, 0.29) is 6.04 Å². The average molecular weight is 336 g/mol. The van der Waals surface area contributed by atoms with Crippen LogP contribution in [0.5, 0.6) is 11.7 Å². The van der Waals surface area contributed by atoms with E-state index in [1.807, 2.05) is 36.4 Å². The van der Waals surface area contributed by atoms with E-state index in [2.05, 4.69) is 9.62 Å². The maximum Gasteiger partial charge on any atom is 0.290 e. The summed E-state index contributed by atoms with van der Waals surface area (Å²) in [6.07, 6.45) is 2.00. The highest BCUT2D eigenvalue weighted by molar-refractivity contribution is 7.88. The van der Waals surface area contributed by atoms with Crippen LogP contribution < -0.4 is 9.46 Å². The summed E-state index contributed by atoms with van der Waals surface area (Å²) in [5.41, 5.74) is 0. The fourth-order valence-electron chi connectivity index (χ4n) is 2.70. The zero-order valence-corrected chi connectivity index (χ0v) is 13.8. The molecule has 124 valence electrons. The minimum absolute atomic E-state index is 0.0278. The second-order valence-electron chi connectivity index (χ2n) is 5.75. The fourth-order valence-corrected chi connectivity index (χ4v) is 3.50. The molecular weight excluding hydrogens is 316 g/mol. The van der Waals surface area contributed by atoms with Gasteiger partial charge in [-0.3, -0.25) is 4.90 Å². The van der Waals surface area contributed by atoms with Crippen LogP contribution in [0.15, 0.2) is 46.9 Å². The van der Waals surface area contributed by atoms with Gasteiger partial charge in [-0.05, 0) is 24.6 Å². The molecule has 1 fully saturated rings. The molecule has 2 heterocycles. The van der Waals surface area contributed by atoms with Crippen LogP contribution in [0.4, 0.5) is 0 Å². The molecule has 3 rings (SSSR count). The number of benzene rings is 1. The lowest BCUT2D eigenvalue weighted by Gasteiger charge is -2.14. The molecule has 2 aromatic rings. The van der Waals surface area contributed by atoms with Crippen molar-refractivity contribution in [1.82, 2.24) is 9.62 Å². The molecule has 1 saturated heterocycles. The van der Waals surface area contributed by atoms with Crippen LogP contribution in [0.3, 0.4) is 0 Å². The van der Waals surface area contributed by atoms with Gasteiger partial charge in [-0.1, -0.05) is 18.2 Å². The van der Waals surface area contributed by atoms with Crippen molar-refractivity contribution in [2.24, 2.45) is 0 Å². The molecule has 0 radical (unpaired) electrons. The molecule has 1 atom stereocenters. The topological polar surface area (TPSA) is 71.8 Å². The number of nitrogens with one attached hydrogen (secondary N) is 1. The van der Waals surface area contributed by atoms with Crippen LogP contribution >= 0.6 is 0 Å². The molecule has 0 bridgehead atoms. The predicted molar refractivity (Wildman–Crippen MR) is 86.9 cm³/mol. The van der Waals surface area contributed by atoms with Gasteiger partial charge in [-0.2, -0.15) is 0 Å². The Morgan fingerprint density at radius 2 is 2.04 bits per heavy atom. The minimum atomic E-state index is -3.15. The van der Waals surface area contributed by atoms with E-state index in [0.717, 1.165) is 24.5 Å². The van der Waals surface area contributed by atoms with Gasteiger partial charge in [-0.25, -0.2) is 13.1 Å². The number of furan rings is 1. The Bertz CT molecular complexity index is 742. The Kier molecular flexibility index (Phi) is 4.70. The average Bonchev–Trinajstić information content (AvgIpc) is 3.09. The molecule has 1 aromatic heterocycles. The van der Waals surface area contributed by atoms with Gasteiger partial charge in [-0.15, -0.1) is 0 Å². The van der Waals surface area contributed by atoms with Crippen molar-refractivity contribution in [3.05, 3.63) is 48.2 Å². The molecule has 7 heteroatoms. The van der Waals surface area contributed by atoms with Gasteiger partial charge in [0.1, 0.15) is 11.5 Å². The van der Waals surface area contributed by atoms with Crippen molar-refractivity contribution in [1.29, 1.82) is 0 Å². The van der Waals surface area contributed by atoms with Crippen LogP contribution in [0.2, 0.25) is 0 Å². The van der Waals surface area contributed by atoms with Crippen molar-refractivity contribution in [2.45, 2.75) is 19.0 Å². The smallest absolute Gasteiger partial charge is 0.290 e. The summed E-state index contributed by atoms with van der Waals surface area (Å²) in [5.74, 6) is 1.99. The number of sulfonamides is 1. The van der Waals surface area contributed by atoms with Crippen molar-refractivity contribution < 1.29 is 17.6 Å². The summed E-state index contributed by atoms with van der Waals surface area (Å²) < 4.78 is 36.5. The summed E-state index contributed by atoms with van der Waals surface area (Å²) in [6, 6.07) is 13.1. The standard InChI is InChI=1S/C16H20N2O4S/c1-23(19,20)17-13-9-10-18(11-13)12-15-7-8-16(22-15)21-14-5-3-2-4-6-14/h2-8,13,17H,9-12H2,1H3/t13-/m0/s1. The van der Waals surface area contributed by atoms with E-state index < -0.39 is 10.0 Å². The molecule has 0 spiro atoms. The number of hydrogen-bond donors (Lipinski definition) is 1. The van der Waals surface area contributed by atoms with Gasteiger partial charge in [0.15, 0.2) is 0 Å². The molecule has 1 N–H and O–H groups in total. The lowest BCUT2D eigenvalue weighted by Crippen LogP contribution is -2.36. The third kappa shape index (κ3) is 4.82. The highest BCUT2D eigenvalue weighted by atomic mass is 32.2. The van der Waals surface area contributed by atoms with Crippen LogP contribution in [-0.4, -0.2) is 38.7 Å². The Morgan fingerprint density at radius 3 is 2.78 bits per heavy atom. The highest BCUT2D eigenvalue weighted by Crippen LogP contribution is 2.24. The number of rotatable bonds is 6. The van der Waals surface area contributed by atoms with Crippen LogP contribution in [0, 0.1) is 0 Å². The lowest BCUT2D eigenvalue weighted by atomic mass is 10.3. The van der Waals surface area contributed by atoms with Gasteiger partial charge in [0.05, 0.1) is 12.8 Å². The number of para-hydroxylation sites is 1. The molecule has 0 unspecified atom stereocenters. The summed E-state index contributed by atoms with van der Waals surface area (Å²) in [6.45, 7) is 2.16. The number of likely N-dealkylation sites (tertiary alicyclic amines) is 1. The van der Waals surface area contributed by atoms with Crippen LogP contribution in [-0.2, 0) is 16.6 Å². The lowest BCUT2D eigenvalue weighted by molar-refractivity contribution is 0.269. The molecule has 1 aromatic carbocycles. The largest absolute Gasteiger partial charge is 0.429 e. The predicted octanol–water partition coefficient (Wildman–Crippen LogP) is 2.20. The second-order valence-corrected chi connectivity index (χ2v) is 7.53. The van der Waals surface area contributed by atoms with E-state index in [9.17, 15) is 8.42 Å². The summed E-state index contributed by atoms with van der Waals surface area (Å²) in [4.78, 5) is 2.16. The first kappa shape index (κ1) is 16.0. The number of hydrogen-bond acceptors (Lipinski definition) is 5. The first-order valence-corrected chi connectivity index (χ1v) is 9.38. The molecule has 23 heavy (non-hydrogen) atoms. The number of ether oxygens (including phenoxy) is 1. The second kappa shape index (κ2) is 6.74. The zero-order chi connectivity index (χ0) is 16.3. The van der Waals surface area contributed by atoms with Crippen molar-refractivity contribution in [3.8, 4) is 11.7 Å². The maximum absolute atomic E-state index is 11.3. The SMILES string of the molecule is CS(=O)(=O)N[C@H]1CCN(Cc2ccc(Oc3ccccc3)o2)C1. The normalized spacial score (nSPS) is 19.1. The number of nitrogens with zero attached hydrogens (tertiary/aromatic N) is 1. The fraction of sp³-hybridized carbons (Fsp3) is 0.375. The molecule has 1 aliphatic rings. The van der Waals surface area contributed by atoms with Crippen molar-refractivity contribution >= 4 is 10.0 Å². The maximum atomic E-state index is 11.3. The Balaban J connectivity index is 1.54. The quantitative estimate of drug-likeness (QED) is 0.875. The monoisotopic (exact) mass is 336 g/mol. The molecule has 0 amide bonds. The van der Waals surface area contributed by atoms with Gasteiger partial charge in [0.2, 0.25) is 10.0 Å². The van der Waals surface area contributed by atoms with Gasteiger partial charge >= 0.3 is 0 Å².